The molecule has 0 unspecified atom stereocenters. The van der Waals surface area contributed by atoms with Gasteiger partial charge in [-0.2, -0.15) is 0 Å². The van der Waals surface area contributed by atoms with E-state index in [-0.39, 0.29) is 23.5 Å². The number of carbonyl (C=O) groups excluding carboxylic acids is 3. The van der Waals surface area contributed by atoms with E-state index in [1.54, 1.807) is 41.3 Å². The molecule has 5 nitrogen and oxygen atoms in total. The van der Waals surface area contributed by atoms with Crippen molar-refractivity contribution >= 4 is 33.5 Å². The monoisotopic (exact) mass is 470 g/mol. The van der Waals surface area contributed by atoms with Gasteiger partial charge < -0.3 is 9.80 Å². The lowest BCUT2D eigenvalue weighted by atomic mass is 9.93. The lowest BCUT2D eigenvalue weighted by molar-refractivity contribution is -0.136. The largest absolute Gasteiger partial charge is 0.343 e. The first-order chi connectivity index (χ1) is 14.5. The fourth-order valence-electron chi connectivity index (χ4n) is 3.92. The van der Waals surface area contributed by atoms with Crippen molar-refractivity contribution in [2.45, 2.75) is 26.7 Å². The first-order valence-corrected chi connectivity index (χ1v) is 11.2. The summed E-state index contributed by atoms with van der Waals surface area (Å²) in [4.78, 5) is 42.4. The van der Waals surface area contributed by atoms with Crippen LogP contribution in [0.15, 0.2) is 53.0 Å². The Hall–Kier alpha value is -2.47. The van der Waals surface area contributed by atoms with E-state index in [0.717, 1.165) is 4.47 Å². The molecule has 0 aromatic heterocycles. The van der Waals surface area contributed by atoms with Gasteiger partial charge in [0.1, 0.15) is 0 Å². The Morgan fingerprint density at radius 2 is 1.50 bits per heavy atom. The SMILES string of the molecule is CCN(CC)C(=O)C1CCN(C(=O)c2ccccc2C(=O)c2ccc(Br)cc2)CC1. The van der Waals surface area contributed by atoms with E-state index in [4.69, 9.17) is 0 Å². The minimum Gasteiger partial charge on any atom is -0.343 e. The Bertz CT molecular complexity index is 914. The van der Waals surface area contributed by atoms with E-state index >= 15 is 0 Å². The van der Waals surface area contributed by atoms with Crippen molar-refractivity contribution in [1.29, 1.82) is 0 Å². The number of hydrogen-bond donors (Lipinski definition) is 0. The smallest absolute Gasteiger partial charge is 0.254 e. The number of halogens is 1. The summed E-state index contributed by atoms with van der Waals surface area (Å²) in [6.07, 6.45) is 1.31. The Balaban J connectivity index is 1.73. The molecule has 30 heavy (non-hydrogen) atoms. The zero-order valence-corrected chi connectivity index (χ0v) is 19.0. The highest BCUT2D eigenvalue weighted by atomic mass is 79.9. The van der Waals surface area contributed by atoms with Gasteiger partial charge in [-0.1, -0.05) is 34.1 Å². The van der Waals surface area contributed by atoms with Crippen LogP contribution in [0.3, 0.4) is 0 Å². The maximum Gasteiger partial charge on any atom is 0.254 e. The Labute approximate surface area is 186 Å². The normalized spacial score (nSPS) is 14.4. The zero-order chi connectivity index (χ0) is 21.7. The van der Waals surface area contributed by atoms with Gasteiger partial charge in [0.05, 0.1) is 5.56 Å². The van der Waals surface area contributed by atoms with E-state index in [0.29, 0.717) is 55.7 Å². The fourth-order valence-corrected chi connectivity index (χ4v) is 4.18. The highest BCUT2D eigenvalue weighted by molar-refractivity contribution is 9.10. The molecule has 6 heteroatoms. The van der Waals surface area contributed by atoms with Crippen LogP contribution >= 0.6 is 15.9 Å². The van der Waals surface area contributed by atoms with Crippen LogP contribution < -0.4 is 0 Å². The minimum atomic E-state index is -0.168. The molecule has 1 heterocycles. The number of likely N-dealkylation sites (tertiary alicyclic amines) is 1. The number of carbonyl (C=O) groups is 3. The van der Waals surface area contributed by atoms with E-state index in [2.05, 4.69) is 15.9 Å². The van der Waals surface area contributed by atoms with Gasteiger partial charge in [-0.25, -0.2) is 0 Å². The summed E-state index contributed by atoms with van der Waals surface area (Å²) < 4.78 is 0.894. The molecule has 1 aliphatic rings. The number of benzene rings is 2. The number of rotatable bonds is 6. The van der Waals surface area contributed by atoms with Gasteiger partial charge >= 0.3 is 0 Å². The lowest BCUT2D eigenvalue weighted by Gasteiger charge is -2.34. The van der Waals surface area contributed by atoms with Crippen molar-refractivity contribution < 1.29 is 14.4 Å². The second-order valence-corrected chi connectivity index (χ2v) is 8.37. The summed E-state index contributed by atoms with van der Waals surface area (Å²) >= 11 is 3.37. The standard InChI is InChI=1S/C24H27BrN2O3/c1-3-26(4-2)23(29)18-13-15-27(16-14-18)24(30)21-8-6-5-7-20(21)22(28)17-9-11-19(25)12-10-17/h5-12,18H,3-4,13-16H2,1-2H3. The first-order valence-electron chi connectivity index (χ1n) is 10.4. The topological polar surface area (TPSA) is 57.7 Å². The summed E-state index contributed by atoms with van der Waals surface area (Å²) in [7, 11) is 0. The van der Waals surface area contributed by atoms with Crippen LogP contribution in [0.5, 0.6) is 0 Å². The van der Waals surface area contributed by atoms with Gasteiger partial charge in [0.25, 0.3) is 5.91 Å². The van der Waals surface area contributed by atoms with Gasteiger partial charge in [-0.05, 0) is 57.0 Å². The van der Waals surface area contributed by atoms with Crippen LogP contribution in [0.1, 0.15) is 53.0 Å². The molecule has 1 aliphatic heterocycles. The fraction of sp³-hybridized carbons (Fsp3) is 0.375. The minimum absolute atomic E-state index is 0.0337. The molecule has 1 saturated heterocycles. The van der Waals surface area contributed by atoms with Gasteiger partial charge in [0.15, 0.2) is 5.78 Å². The molecule has 0 N–H and O–H groups in total. The van der Waals surface area contributed by atoms with Crippen molar-refractivity contribution in [3.05, 3.63) is 69.7 Å². The summed E-state index contributed by atoms with van der Waals surface area (Å²) in [5.41, 5.74) is 1.37. The zero-order valence-electron chi connectivity index (χ0n) is 17.4. The Kier molecular flexibility index (Phi) is 7.43. The Morgan fingerprint density at radius 1 is 0.933 bits per heavy atom. The number of ketones is 1. The Morgan fingerprint density at radius 3 is 2.07 bits per heavy atom. The van der Waals surface area contributed by atoms with Crippen molar-refractivity contribution in [2.75, 3.05) is 26.2 Å². The molecule has 0 radical (unpaired) electrons. The van der Waals surface area contributed by atoms with E-state index in [1.807, 2.05) is 30.9 Å². The molecule has 0 atom stereocenters. The third-order valence-corrected chi connectivity index (χ3v) is 6.24. The van der Waals surface area contributed by atoms with E-state index in [1.165, 1.54) is 0 Å². The van der Waals surface area contributed by atoms with E-state index < -0.39 is 0 Å². The molecule has 2 amide bonds. The molecule has 0 spiro atoms. The van der Waals surface area contributed by atoms with Gasteiger partial charge in [0, 0.05) is 47.7 Å². The third-order valence-electron chi connectivity index (χ3n) is 5.72. The lowest BCUT2D eigenvalue weighted by Crippen LogP contribution is -2.44. The summed E-state index contributed by atoms with van der Waals surface area (Å²) in [5.74, 6) is -0.172. The average Bonchev–Trinajstić information content (AvgIpc) is 2.79. The maximum absolute atomic E-state index is 13.2. The second kappa shape index (κ2) is 10.0. The summed E-state index contributed by atoms with van der Waals surface area (Å²) in [6.45, 7) is 6.44. The molecule has 3 rings (SSSR count). The highest BCUT2D eigenvalue weighted by Gasteiger charge is 2.31. The molecule has 1 fully saturated rings. The number of nitrogens with zero attached hydrogens (tertiary/aromatic N) is 2. The second-order valence-electron chi connectivity index (χ2n) is 7.46. The predicted molar refractivity (Wildman–Crippen MR) is 121 cm³/mol. The van der Waals surface area contributed by atoms with Gasteiger partial charge in [0.2, 0.25) is 5.91 Å². The van der Waals surface area contributed by atoms with Gasteiger partial charge in [-0.15, -0.1) is 0 Å². The van der Waals surface area contributed by atoms with Crippen LogP contribution in [0.4, 0.5) is 0 Å². The quantitative estimate of drug-likeness (QED) is 0.587. The van der Waals surface area contributed by atoms with Crippen molar-refractivity contribution in [2.24, 2.45) is 5.92 Å². The maximum atomic E-state index is 13.2. The summed E-state index contributed by atoms with van der Waals surface area (Å²) in [5, 5.41) is 0. The highest BCUT2D eigenvalue weighted by Crippen LogP contribution is 2.23. The van der Waals surface area contributed by atoms with Crippen LogP contribution in [-0.4, -0.2) is 53.6 Å². The molecule has 2 aromatic carbocycles. The number of hydrogen-bond acceptors (Lipinski definition) is 3. The van der Waals surface area contributed by atoms with Crippen molar-refractivity contribution in [1.82, 2.24) is 9.80 Å². The van der Waals surface area contributed by atoms with E-state index in [9.17, 15) is 14.4 Å². The number of piperidine rings is 1. The molecular formula is C24H27BrN2O3. The summed E-state index contributed by atoms with van der Waals surface area (Å²) in [6, 6.07) is 14.1. The van der Waals surface area contributed by atoms with Crippen molar-refractivity contribution in [3.63, 3.8) is 0 Å². The molecule has 0 saturated carbocycles. The van der Waals surface area contributed by atoms with Crippen LogP contribution in [0.2, 0.25) is 0 Å². The molecule has 158 valence electrons. The predicted octanol–water partition coefficient (Wildman–Crippen LogP) is 4.40. The van der Waals surface area contributed by atoms with Crippen LogP contribution in [0.25, 0.3) is 0 Å². The average molecular weight is 471 g/mol. The van der Waals surface area contributed by atoms with Crippen LogP contribution in [0, 0.1) is 5.92 Å². The molecule has 0 bridgehead atoms. The number of amides is 2. The third kappa shape index (κ3) is 4.81. The molecule has 0 aliphatic carbocycles. The van der Waals surface area contributed by atoms with Crippen molar-refractivity contribution in [3.8, 4) is 0 Å². The van der Waals surface area contributed by atoms with Gasteiger partial charge in [-0.3, -0.25) is 14.4 Å². The molecule has 2 aromatic rings. The first kappa shape index (κ1) is 22.2. The molecular weight excluding hydrogens is 444 g/mol. The van der Waals surface area contributed by atoms with Crippen LogP contribution in [-0.2, 0) is 4.79 Å².